The smallest absolute Gasteiger partial charge is 0.109 e. The molecule has 0 saturated carbocycles. The first-order chi connectivity index (χ1) is 8.26. The van der Waals surface area contributed by atoms with Gasteiger partial charge in [0.25, 0.3) is 0 Å². The zero-order chi connectivity index (χ0) is 12.3. The normalized spacial score (nSPS) is 15.6. The van der Waals surface area contributed by atoms with E-state index in [1.54, 1.807) is 0 Å². The monoisotopic (exact) mass is 251 g/mol. The Morgan fingerprint density at radius 3 is 3.12 bits per heavy atom. The molecule has 0 spiro atoms. The van der Waals surface area contributed by atoms with Gasteiger partial charge in [-0.05, 0) is 35.7 Å². The summed E-state index contributed by atoms with van der Waals surface area (Å²) in [5.41, 5.74) is 3.32. The Hall–Kier alpha value is -0.800. The summed E-state index contributed by atoms with van der Waals surface area (Å²) in [7, 11) is 0. The zero-order valence-corrected chi connectivity index (χ0v) is 10.9. The number of hydrogen-bond donors (Lipinski definition) is 1. The molecular formula is C14H18FNS. The average Bonchev–Trinajstić information content (AvgIpc) is 2.82. The molecule has 1 aliphatic heterocycles. The molecule has 1 atom stereocenters. The highest BCUT2D eigenvalue weighted by Gasteiger charge is 2.16. The predicted molar refractivity (Wildman–Crippen MR) is 73.3 cm³/mol. The molecule has 92 valence electrons. The van der Waals surface area contributed by atoms with Crippen LogP contribution in [0.15, 0.2) is 29.7 Å². The van der Waals surface area contributed by atoms with Gasteiger partial charge in [0.05, 0.1) is 6.04 Å². The molecule has 17 heavy (non-hydrogen) atoms. The third-order valence-corrected chi connectivity index (χ3v) is 4.19. The van der Waals surface area contributed by atoms with Crippen molar-refractivity contribution >= 4 is 17.3 Å². The van der Waals surface area contributed by atoms with E-state index in [1.807, 2.05) is 18.7 Å². The molecular weight excluding hydrogens is 233 g/mol. The van der Waals surface area contributed by atoms with Crippen LogP contribution in [-0.4, -0.2) is 25.0 Å². The molecule has 0 radical (unpaired) electrons. The third-order valence-electron chi connectivity index (χ3n) is 3.09. The van der Waals surface area contributed by atoms with Gasteiger partial charge in [-0.25, -0.2) is 4.39 Å². The Labute approximate surface area is 106 Å². The Morgan fingerprint density at radius 1 is 1.59 bits per heavy atom. The first-order valence-electron chi connectivity index (χ1n) is 6.00. The van der Waals surface area contributed by atoms with Gasteiger partial charge in [-0.2, -0.15) is 0 Å². The van der Waals surface area contributed by atoms with Crippen LogP contribution >= 0.6 is 11.8 Å². The molecule has 1 N–H and O–H groups in total. The highest BCUT2D eigenvalue weighted by molar-refractivity contribution is 7.99. The SMILES string of the molecule is C=C(c1ccc2c(c1)SCC2)C(CF)NCC. The van der Waals surface area contributed by atoms with E-state index in [9.17, 15) is 4.39 Å². The van der Waals surface area contributed by atoms with Gasteiger partial charge in [0.2, 0.25) is 0 Å². The van der Waals surface area contributed by atoms with Gasteiger partial charge < -0.3 is 5.32 Å². The van der Waals surface area contributed by atoms with Gasteiger partial charge in [0.1, 0.15) is 6.67 Å². The number of hydrogen-bond acceptors (Lipinski definition) is 2. The van der Waals surface area contributed by atoms with E-state index >= 15 is 0 Å². The molecule has 0 amide bonds. The quantitative estimate of drug-likeness (QED) is 0.862. The maximum Gasteiger partial charge on any atom is 0.109 e. The number of likely N-dealkylation sites (N-methyl/N-ethyl adjacent to an activating group) is 1. The second-order valence-electron chi connectivity index (χ2n) is 4.21. The van der Waals surface area contributed by atoms with Crippen LogP contribution < -0.4 is 5.32 Å². The number of benzene rings is 1. The summed E-state index contributed by atoms with van der Waals surface area (Å²) in [6, 6.07) is 6.10. The first kappa shape index (κ1) is 12.7. The Kier molecular flexibility index (Phi) is 4.24. The van der Waals surface area contributed by atoms with Crippen molar-refractivity contribution in [2.24, 2.45) is 0 Å². The lowest BCUT2D eigenvalue weighted by Crippen LogP contribution is -2.31. The maximum atomic E-state index is 12.9. The molecule has 1 nitrogen and oxygen atoms in total. The molecule has 0 saturated heterocycles. The fraction of sp³-hybridized carbons (Fsp3) is 0.429. The molecule has 0 aromatic heterocycles. The van der Waals surface area contributed by atoms with Crippen LogP contribution in [0.4, 0.5) is 4.39 Å². The molecule has 3 heteroatoms. The van der Waals surface area contributed by atoms with Crippen molar-refractivity contribution in [2.45, 2.75) is 24.3 Å². The molecule has 1 aliphatic rings. The summed E-state index contributed by atoms with van der Waals surface area (Å²) in [4.78, 5) is 1.33. The molecule has 1 heterocycles. The van der Waals surface area contributed by atoms with Crippen molar-refractivity contribution in [3.63, 3.8) is 0 Å². The maximum absolute atomic E-state index is 12.9. The number of aryl methyl sites for hydroxylation is 1. The summed E-state index contributed by atoms with van der Waals surface area (Å²) >= 11 is 1.88. The van der Waals surface area contributed by atoms with Crippen LogP contribution in [0, 0.1) is 0 Å². The van der Waals surface area contributed by atoms with Gasteiger partial charge in [0, 0.05) is 10.6 Å². The molecule has 0 bridgehead atoms. The van der Waals surface area contributed by atoms with Crippen molar-refractivity contribution in [2.75, 3.05) is 19.0 Å². The Morgan fingerprint density at radius 2 is 2.41 bits per heavy atom. The van der Waals surface area contributed by atoms with Crippen molar-refractivity contribution in [1.29, 1.82) is 0 Å². The lowest BCUT2D eigenvalue weighted by atomic mass is 9.99. The van der Waals surface area contributed by atoms with E-state index in [1.165, 1.54) is 10.5 Å². The second kappa shape index (κ2) is 5.69. The van der Waals surface area contributed by atoms with Gasteiger partial charge in [0.15, 0.2) is 0 Å². The van der Waals surface area contributed by atoms with E-state index in [-0.39, 0.29) is 6.04 Å². The topological polar surface area (TPSA) is 12.0 Å². The molecule has 1 unspecified atom stereocenters. The highest BCUT2D eigenvalue weighted by atomic mass is 32.2. The van der Waals surface area contributed by atoms with Crippen LogP contribution in [0.3, 0.4) is 0 Å². The van der Waals surface area contributed by atoms with E-state index < -0.39 is 6.67 Å². The zero-order valence-electron chi connectivity index (χ0n) is 10.1. The number of halogens is 1. The van der Waals surface area contributed by atoms with Crippen molar-refractivity contribution in [3.8, 4) is 0 Å². The standard InChI is InChI=1S/C14H18FNS/c1-3-16-13(9-15)10(2)12-5-4-11-6-7-17-14(11)8-12/h4-5,8,13,16H,2-3,6-7,9H2,1H3. The number of nitrogens with one attached hydrogen (secondary N) is 1. The van der Waals surface area contributed by atoms with Crippen molar-refractivity contribution < 1.29 is 4.39 Å². The fourth-order valence-electron chi connectivity index (χ4n) is 2.08. The highest BCUT2D eigenvalue weighted by Crippen LogP contribution is 2.33. The summed E-state index contributed by atoms with van der Waals surface area (Å²) in [6.07, 6.45) is 1.15. The summed E-state index contributed by atoms with van der Waals surface area (Å²) in [5, 5.41) is 3.12. The summed E-state index contributed by atoms with van der Waals surface area (Å²) < 4.78 is 12.9. The Bertz CT molecular complexity index is 417. The number of thioether (sulfide) groups is 1. The van der Waals surface area contributed by atoms with E-state index in [0.29, 0.717) is 0 Å². The lowest BCUT2D eigenvalue weighted by Gasteiger charge is -2.18. The largest absolute Gasteiger partial charge is 0.308 e. The van der Waals surface area contributed by atoms with Crippen LogP contribution in [0.25, 0.3) is 5.57 Å². The summed E-state index contributed by atoms with van der Waals surface area (Å²) in [6.45, 7) is 6.36. The van der Waals surface area contributed by atoms with E-state index in [4.69, 9.17) is 0 Å². The lowest BCUT2D eigenvalue weighted by molar-refractivity contribution is 0.429. The number of rotatable bonds is 5. The Balaban J connectivity index is 2.19. The average molecular weight is 251 g/mol. The minimum absolute atomic E-state index is 0.260. The van der Waals surface area contributed by atoms with E-state index in [0.717, 1.165) is 29.9 Å². The predicted octanol–water partition coefficient (Wildman–Crippen LogP) is 3.30. The van der Waals surface area contributed by atoms with Crippen molar-refractivity contribution in [3.05, 3.63) is 35.9 Å². The minimum Gasteiger partial charge on any atom is -0.308 e. The first-order valence-corrected chi connectivity index (χ1v) is 6.99. The fourth-order valence-corrected chi connectivity index (χ4v) is 3.19. The third kappa shape index (κ3) is 2.72. The van der Waals surface area contributed by atoms with Gasteiger partial charge in [-0.3, -0.25) is 0 Å². The number of alkyl halides is 1. The molecule has 0 fully saturated rings. The molecule has 0 aliphatic carbocycles. The van der Waals surface area contributed by atoms with Crippen LogP contribution in [0.2, 0.25) is 0 Å². The van der Waals surface area contributed by atoms with Gasteiger partial charge in [-0.15, -0.1) is 11.8 Å². The van der Waals surface area contributed by atoms with Crippen LogP contribution in [0.5, 0.6) is 0 Å². The van der Waals surface area contributed by atoms with Crippen LogP contribution in [0.1, 0.15) is 18.1 Å². The molecule has 1 aromatic carbocycles. The second-order valence-corrected chi connectivity index (χ2v) is 5.35. The van der Waals surface area contributed by atoms with Gasteiger partial charge in [-0.1, -0.05) is 25.6 Å². The van der Waals surface area contributed by atoms with Crippen molar-refractivity contribution in [1.82, 2.24) is 5.32 Å². The van der Waals surface area contributed by atoms with E-state index in [2.05, 4.69) is 30.1 Å². The minimum atomic E-state index is -0.406. The molecule has 1 aromatic rings. The van der Waals surface area contributed by atoms with Crippen LogP contribution in [-0.2, 0) is 6.42 Å². The molecule has 2 rings (SSSR count). The van der Waals surface area contributed by atoms with Gasteiger partial charge >= 0.3 is 0 Å². The number of fused-ring (bicyclic) bond motifs is 1. The summed E-state index contributed by atoms with van der Waals surface area (Å²) in [5.74, 6) is 1.16.